The summed E-state index contributed by atoms with van der Waals surface area (Å²) >= 11 is 5.91. The molecular formula is C8H9ClN3+. The maximum atomic E-state index is 5.91. The van der Waals surface area contributed by atoms with Crippen LogP contribution in [0.25, 0.3) is 11.0 Å². The first-order valence-electron chi connectivity index (χ1n) is 3.71. The molecule has 0 amide bonds. The molecule has 0 saturated carbocycles. The van der Waals surface area contributed by atoms with Gasteiger partial charge in [0.1, 0.15) is 0 Å². The van der Waals surface area contributed by atoms with Crippen molar-refractivity contribution in [1.29, 1.82) is 0 Å². The van der Waals surface area contributed by atoms with Gasteiger partial charge < -0.3 is 4.98 Å². The van der Waals surface area contributed by atoms with Crippen molar-refractivity contribution in [3.05, 3.63) is 22.7 Å². The Hall–Kier alpha value is -1.09. The molecule has 2 heterocycles. The van der Waals surface area contributed by atoms with E-state index in [0.29, 0.717) is 5.15 Å². The van der Waals surface area contributed by atoms with Gasteiger partial charge in [-0.2, -0.15) is 0 Å². The Morgan fingerprint density at radius 1 is 1.50 bits per heavy atom. The van der Waals surface area contributed by atoms with Crippen LogP contribution < -0.4 is 4.98 Å². The highest BCUT2D eigenvalue weighted by atomic mass is 35.5. The Balaban J connectivity index is 2.88. The van der Waals surface area contributed by atoms with Crippen molar-refractivity contribution in [3.8, 4) is 0 Å². The van der Waals surface area contributed by atoms with Crippen LogP contribution in [0.4, 0.5) is 0 Å². The molecule has 3 nitrogen and oxygen atoms in total. The zero-order valence-electron chi connectivity index (χ0n) is 6.90. The zero-order chi connectivity index (χ0) is 8.72. The van der Waals surface area contributed by atoms with E-state index in [0.717, 1.165) is 22.6 Å². The van der Waals surface area contributed by atoms with Crippen LogP contribution in [0.5, 0.6) is 0 Å². The highest BCUT2D eigenvalue weighted by Gasteiger charge is 2.12. The molecule has 0 aliphatic carbocycles. The van der Waals surface area contributed by atoms with Crippen LogP contribution in [-0.2, 0) is 0 Å². The predicted molar refractivity (Wildman–Crippen MR) is 47.1 cm³/mol. The number of rotatable bonds is 0. The maximum absolute atomic E-state index is 5.91. The summed E-state index contributed by atoms with van der Waals surface area (Å²) in [4.78, 5) is 10.3. The second kappa shape index (κ2) is 2.45. The fourth-order valence-corrected chi connectivity index (χ4v) is 1.55. The van der Waals surface area contributed by atoms with Crippen molar-refractivity contribution in [1.82, 2.24) is 9.97 Å². The normalized spacial score (nSPS) is 10.9. The predicted octanol–water partition coefficient (Wildman–Crippen LogP) is 1.65. The molecule has 2 N–H and O–H groups in total. The summed E-state index contributed by atoms with van der Waals surface area (Å²) in [6.45, 7) is 3.87. The van der Waals surface area contributed by atoms with E-state index in [9.17, 15) is 0 Å². The number of nitrogens with one attached hydrogen (secondary N) is 2. The van der Waals surface area contributed by atoms with Gasteiger partial charge >= 0.3 is 0 Å². The maximum Gasteiger partial charge on any atom is 0.295 e. The Bertz CT molecular complexity index is 433. The Morgan fingerprint density at radius 2 is 2.25 bits per heavy atom. The molecule has 0 aromatic carbocycles. The SMILES string of the molecule is Cc1cc2[nH+]c(C)nc(Cl)c2[nH]1. The van der Waals surface area contributed by atoms with E-state index in [-0.39, 0.29) is 0 Å². The molecule has 0 spiro atoms. The summed E-state index contributed by atoms with van der Waals surface area (Å²) in [7, 11) is 0. The molecule has 12 heavy (non-hydrogen) atoms. The number of hydrogen-bond acceptors (Lipinski definition) is 1. The number of halogens is 1. The Kier molecular flexibility index (Phi) is 1.54. The summed E-state index contributed by atoms with van der Waals surface area (Å²) in [5.74, 6) is 0.825. The number of aryl methyl sites for hydroxylation is 2. The van der Waals surface area contributed by atoms with Crippen molar-refractivity contribution < 1.29 is 4.98 Å². The number of aromatic nitrogens is 3. The van der Waals surface area contributed by atoms with Gasteiger partial charge in [0.2, 0.25) is 0 Å². The second-order valence-electron chi connectivity index (χ2n) is 2.85. The highest BCUT2D eigenvalue weighted by Crippen LogP contribution is 2.17. The number of hydrogen-bond donors (Lipinski definition) is 1. The van der Waals surface area contributed by atoms with Gasteiger partial charge in [-0.1, -0.05) is 0 Å². The van der Waals surface area contributed by atoms with Gasteiger partial charge in [-0.15, -0.1) is 0 Å². The van der Waals surface area contributed by atoms with Crippen molar-refractivity contribution in [2.75, 3.05) is 0 Å². The number of nitrogens with zero attached hydrogens (tertiary/aromatic N) is 1. The van der Waals surface area contributed by atoms with Gasteiger partial charge in [0.15, 0.2) is 11.0 Å². The monoisotopic (exact) mass is 182 g/mol. The van der Waals surface area contributed by atoms with E-state index >= 15 is 0 Å². The van der Waals surface area contributed by atoms with Crippen LogP contribution in [0.2, 0.25) is 5.15 Å². The van der Waals surface area contributed by atoms with E-state index in [2.05, 4.69) is 15.0 Å². The molecule has 0 aliphatic rings. The quantitative estimate of drug-likeness (QED) is 0.619. The van der Waals surface area contributed by atoms with E-state index < -0.39 is 0 Å². The molecule has 2 aromatic rings. The van der Waals surface area contributed by atoms with Gasteiger partial charge in [-0.3, -0.25) is 0 Å². The first kappa shape index (κ1) is 7.55. The topological polar surface area (TPSA) is 42.8 Å². The lowest BCUT2D eigenvalue weighted by Gasteiger charge is -1.85. The van der Waals surface area contributed by atoms with Crippen molar-refractivity contribution in [2.45, 2.75) is 13.8 Å². The fourth-order valence-electron chi connectivity index (χ4n) is 1.28. The van der Waals surface area contributed by atoms with E-state index in [1.54, 1.807) is 0 Å². The number of H-pyrrole nitrogens is 2. The van der Waals surface area contributed by atoms with Crippen LogP contribution in [0, 0.1) is 13.8 Å². The Labute approximate surface area is 74.8 Å². The zero-order valence-corrected chi connectivity index (χ0v) is 7.66. The van der Waals surface area contributed by atoms with Crippen molar-refractivity contribution in [2.24, 2.45) is 0 Å². The molecule has 2 aromatic heterocycles. The lowest BCUT2D eigenvalue weighted by Crippen LogP contribution is -2.10. The smallest absolute Gasteiger partial charge is 0.295 e. The largest absolute Gasteiger partial charge is 0.351 e. The second-order valence-corrected chi connectivity index (χ2v) is 3.21. The summed E-state index contributed by atoms with van der Waals surface area (Å²) in [6, 6.07) is 2.01. The molecule has 0 aliphatic heterocycles. The van der Waals surface area contributed by atoms with E-state index in [4.69, 9.17) is 11.6 Å². The van der Waals surface area contributed by atoms with E-state index in [1.807, 2.05) is 19.9 Å². The van der Waals surface area contributed by atoms with Crippen molar-refractivity contribution in [3.63, 3.8) is 0 Å². The third-order valence-electron chi connectivity index (χ3n) is 1.74. The molecule has 0 atom stereocenters. The minimum absolute atomic E-state index is 0.523. The lowest BCUT2D eigenvalue weighted by atomic mass is 10.4. The molecule has 0 saturated heterocycles. The summed E-state index contributed by atoms with van der Waals surface area (Å²) in [5.41, 5.74) is 2.96. The number of fused-ring (bicyclic) bond motifs is 1. The minimum Gasteiger partial charge on any atom is -0.351 e. The van der Waals surface area contributed by atoms with Crippen molar-refractivity contribution >= 4 is 22.6 Å². The summed E-state index contributed by atoms with van der Waals surface area (Å²) in [5, 5.41) is 0.523. The summed E-state index contributed by atoms with van der Waals surface area (Å²) in [6.07, 6.45) is 0. The lowest BCUT2D eigenvalue weighted by molar-refractivity contribution is -0.360. The molecule has 2 rings (SSSR count). The fraction of sp³-hybridized carbons (Fsp3) is 0.250. The molecule has 4 heteroatoms. The third-order valence-corrected chi connectivity index (χ3v) is 2.01. The van der Waals surface area contributed by atoms with Gasteiger partial charge in [0.25, 0.3) is 11.0 Å². The minimum atomic E-state index is 0.523. The first-order chi connectivity index (χ1) is 5.66. The molecule has 62 valence electrons. The third kappa shape index (κ3) is 1.06. The van der Waals surface area contributed by atoms with Crippen LogP contribution in [0.15, 0.2) is 6.07 Å². The number of aromatic amines is 2. The van der Waals surface area contributed by atoms with Crippen LogP contribution in [-0.4, -0.2) is 9.97 Å². The van der Waals surface area contributed by atoms with Gasteiger partial charge in [-0.05, 0) is 23.5 Å². The molecule has 0 radical (unpaired) electrons. The average Bonchev–Trinajstić information content (AvgIpc) is 2.29. The Morgan fingerprint density at radius 3 is 3.00 bits per heavy atom. The van der Waals surface area contributed by atoms with Gasteiger partial charge in [0, 0.05) is 18.7 Å². The van der Waals surface area contributed by atoms with Crippen LogP contribution >= 0.6 is 11.6 Å². The van der Waals surface area contributed by atoms with Gasteiger partial charge in [-0.25, -0.2) is 4.98 Å². The molecular weight excluding hydrogens is 174 g/mol. The van der Waals surface area contributed by atoms with Crippen LogP contribution in [0.1, 0.15) is 11.5 Å². The highest BCUT2D eigenvalue weighted by molar-refractivity contribution is 6.33. The molecule has 0 bridgehead atoms. The average molecular weight is 183 g/mol. The molecule has 0 unspecified atom stereocenters. The summed E-state index contributed by atoms with van der Waals surface area (Å²) < 4.78 is 0. The van der Waals surface area contributed by atoms with Crippen LogP contribution in [0.3, 0.4) is 0 Å². The standard InChI is InChI=1S/C8H8ClN3/c1-4-3-6-7(10-4)8(9)12-5(2)11-6/h3,10H,1-2H3/p+1. The molecule has 0 fully saturated rings. The van der Waals surface area contributed by atoms with E-state index in [1.165, 1.54) is 0 Å². The van der Waals surface area contributed by atoms with Gasteiger partial charge in [0.05, 0.1) is 0 Å². The first-order valence-corrected chi connectivity index (χ1v) is 4.09.